The molecular formula is C34H40N6O2. The summed E-state index contributed by atoms with van der Waals surface area (Å²) in [6.45, 7) is 6.54. The van der Waals surface area contributed by atoms with Crippen LogP contribution in [0.3, 0.4) is 0 Å². The number of piperidine rings is 1. The first-order valence-electron chi connectivity index (χ1n) is 15.2. The molecule has 8 heteroatoms. The molecule has 2 unspecified atom stereocenters. The molecular weight excluding hydrogens is 524 g/mol. The number of amides is 2. The first-order chi connectivity index (χ1) is 20.5. The highest BCUT2D eigenvalue weighted by Gasteiger charge is 2.35. The third-order valence-corrected chi connectivity index (χ3v) is 8.70. The van der Waals surface area contributed by atoms with Gasteiger partial charge in [-0.3, -0.25) is 14.5 Å². The molecule has 2 aliphatic heterocycles. The first-order valence-corrected chi connectivity index (χ1v) is 15.2. The molecule has 6 rings (SSSR count). The first kappa shape index (κ1) is 28.1. The molecule has 0 spiro atoms. The number of carbonyl (C=O) groups excluding carboxylic acids is 2. The summed E-state index contributed by atoms with van der Waals surface area (Å²) in [4.78, 5) is 35.8. The molecule has 2 bridgehead atoms. The third kappa shape index (κ3) is 6.09. The van der Waals surface area contributed by atoms with E-state index in [4.69, 9.17) is 0 Å². The van der Waals surface area contributed by atoms with E-state index < -0.39 is 0 Å². The van der Waals surface area contributed by atoms with Gasteiger partial charge in [0, 0.05) is 49.9 Å². The largest absolute Gasteiger partial charge is 0.335 e. The average Bonchev–Trinajstić information content (AvgIpc) is 3.41. The number of benzene rings is 3. The molecule has 3 aromatic carbocycles. The molecule has 8 nitrogen and oxygen atoms in total. The van der Waals surface area contributed by atoms with Crippen molar-refractivity contribution in [2.24, 2.45) is 5.92 Å². The summed E-state index contributed by atoms with van der Waals surface area (Å²) in [5.41, 5.74) is 4.72. The molecule has 0 saturated carbocycles. The number of rotatable bonds is 5. The summed E-state index contributed by atoms with van der Waals surface area (Å²) in [5, 5.41) is 9.13. The lowest BCUT2D eigenvalue weighted by Crippen LogP contribution is -2.52. The van der Waals surface area contributed by atoms with E-state index >= 15 is 0 Å². The van der Waals surface area contributed by atoms with Gasteiger partial charge in [0.15, 0.2) is 0 Å². The maximum Gasteiger partial charge on any atom is 0.246 e. The summed E-state index contributed by atoms with van der Waals surface area (Å²) >= 11 is 0. The molecule has 0 radical (unpaired) electrons. The number of hydrogen-bond donors (Lipinski definition) is 0. The van der Waals surface area contributed by atoms with Crippen molar-refractivity contribution < 1.29 is 9.59 Å². The van der Waals surface area contributed by atoms with Gasteiger partial charge < -0.3 is 9.80 Å². The fraction of sp³-hybridized carbons (Fsp3) is 0.412. The Balaban J connectivity index is 1.37. The van der Waals surface area contributed by atoms with Crippen LogP contribution >= 0.6 is 0 Å². The van der Waals surface area contributed by atoms with Crippen LogP contribution in [0.25, 0.3) is 11.0 Å². The number of para-hydroxylation sites is 1. The second-order valence-corrected chi connectivity index (χ2v) is 12.0. The van der Waals surface area contributed by atoms with Gasteiger partial charge in [-0.15, -0.1) is 0 Å². The summed E-state index contributed by atoms with van der Waals surface area (Å²) in [6.07, 6.45) is 4.13. The van der Waals surface area contributed by atoms with Gasteiger partial charge in [-0.1, -0.05) is 80.9 Å². The fourth-order valence-corrected chi connectivity index (χ4v) is 6.54. The summed E-state index contributed by atoms with van der Waals surface area (Å²) in [6, 6.07) is 26.9. The van der Waals surface area contributed by atoms with Crippen LogP contribution in [-0.2, 0) is 29.2 Å². The molecule has 1 fully saturated rings. The number of aromatic nitrogens is 3. The number of hydrogen-bond acceptors (Lipinski definition) is 5. The second-order valence-electron chi connectivity index (χ2n) is 12.0. The van der Waals surface area contributed by atoms with Gasteiger partial charge in [0.2, 0.25) is 11.8 Å². The van der Waals surface area contributed by atoms with Gasteiger partial charge >= 0.3 is 0 Å². The van der Waals surface area contributed by atoms with Crippen molar-refractivity contribution in [2.75, 3.05) is 18.0 Å². The highest BCUT2D eigenvalue weighted by atomic mass is 16.2. The van der Waals surface area contributed by atoms with Crippen LogP contribution in [0.1, 0.15) is 50.7 Å². The van der Waals surface area contributed by atoms with Crippen LogP contribution in [0.2, 0.25) is 0 Å². The van der Waals surface area contributed by atoms with Crippen LogP contribution in [0.5, 0.6) is 0 Å². The molecule has 42 heavy (non-hydrogen) atoms. The Kier molecular flexibility index (Phi) is 8.33. The van der Waals surface area contributed by atoms with Crippen molar-refractivity contribution >= 4 is 28.5 Å². The van der Waals surface area contributed by atoms with Crippen molar-refractivity contribution in [3.63, 3.8) is 0 Å². The van der Waals surface area contributed by atoms with Gasteiger partial charge in [0.1, 0.15) is 17.6 Å². The van der Waals surface area contributed by atoms with Gasteiger partial charge in [-0.2, -0.15) is 15.0 Å². The zero-order valence-electron chi connectivity index (χ0n) is 24.6. The van der Waals surface area contributed by atoms with E-state index in [9.17, 15) is 9.59 Å². The quantitative estimate of drug-likeness (QED) is 0.330. The van der Waals surface area contributed by atoms with Crippen LogP contribution in [0, 0.1) is 5.92 Å². The van der Waals surface area contributed by atoms with Crippen molar-refractivity contribution in [1.82, 2.24) is 24.8 Å². The smallest absolute Gasteiger partial charge is 0.246 e. The molecule has 3 heterocycles. The molecule has 2 aliphatic rings. The monoisotopic (exact) mass is 564 g/mol. The van der Waals surface area contributed by atoms with Crippen LogP contribution in [-0.4, -0.2) is 61.8 Å². The minimum Gasteiger partial charge on any atom is -0.335 e. The topological polar surface area (TPSA) is 74.6 Å². The lowest BCUT2D eigenvalue weighted by Gasteiger charge is -2.44. The summed E-state index contributed by atoms with van der Waals surface area (Å²) in [5.74, 6) is -0.0256. The van der Waals surface area contributed by atoms with E-state index in [0.29, 0.717) is 25.7 Å². The molecule has 218 valence electrons. The van der Waals surface area contributed by atoms with Crippen molar-refractivity contribution in [3.05, 3.63) is 90.0 Å². The maximum atomic E-state index is 14.1. The summed E-state index contributed by atoms with van der Waals surface area (Å²) in [7, 11) is 0. The molecule has 0 N–H and O–H groups in total. The Morgan fingerprint density at radius 3 is 2.24 bits per heavy atom. The number of anilines is 1. The van der Waals surface area contributed by atoms with E-state index in [-0.39, 0.29) is 30.3 Å². The highest BCUT2D eigenvalue weighted by Crippen LogP contribution is 2.32. The Morgan fingerprint density at radius 1 is 0.833 bits per heavy atom. The zero-order chi connectivity index (χ0) is 29.1. The molecule has 2 amide bonds. The van der Waals surface area contributed by atoms with Crippen molar-refractivity contribution in [1.29, 1.82) is 0 Å². The van der Waals surface area contributed by atoms with E-state index in [0.717, 1.165) is 54.5 Å². The van der Waals surface area contributed by atoms with E-state index in [1.165, 1.54) is 10.4 Å². The van der Waals surface area contributed by atoms with Gasteiger partial charge in [-0.25, -0.2) is 0 Å². The maximum absolute atomic E-state index is 14.1. The molecule has 0 aliphatic carbocycles. The SMILES string of the molecule is CC(C)C(=O)N1CCC2CCCC(CN(C(=O)Cn3nc4ccccc4n3)Cc3ccccc31)N2Cc1ccccc1. The summed E-state index contributed by atoms with van der Waals surface area (Å²) < 4.78 is 0. The van der Waals surface area contributed by atoms with Crippen LogP contribution in [0.15, 0.2) is 78.9 Å². The Hall–Kier alpha value is -4.04. The third-order valence-electron chi connectivity index (χ3n) is 8.70. The van der Waals surface area contributed by atoms with Crippen molar-refractivity contribution in [2.45, 2.75) is 71.2 Å². The normalized spacial score (nSPS) is 19.9. The Labute approximate surface area is 247 Å². The van der Waals surface area contributed by atoms with Crippen LogP contribution < -0.4 is 4.90 Å². The van der Waals surface area contributed by atoms with Crippen molar-refractivity contribution in [3.8, 4) is 0 Å². The standard InChI is InChI=1S/C34H40N6O2/c1-25(2)34(42)38-20-19-28-14-10-15-29(39(28)21-26-11-4-3-5-12-26)23-37(22-27-13-6-9-18-32(27)38)33(41)24-40-35-30-16-7-8-17-31(30)36-40/h3-9,11-13,16-18,25,28-29H,10,14-15,19-24H2,1-2H3. The number of nitrogens with zero attached hydrogens (tertiary/aromatic N) is 6. The number of fused-ring (bicyclic) bond motifs is 4. The van der Waals surface area contributed by atoms with E-state index in [2.05, 4.69) is 51.5 Å². The minimum absolute atomic E-state index is 0.0205. The van der Waals surface area contributed by atoms with Gasteiger partial charge in [0.25, 0.3) is 0 Å². The van der Waals surface area contributed by atoms with Gasteiger partial charge in [0.05, 0.1) is 0 Å². The fourth-order valence-electron chi connectivity index (χ4n) is 6.54. The minimum atomic E-state index is -0.125. The molecule has 1 aromatic heterocycles. The second kappa shape index (κ2) is 12.4. The van der Waals surface area contributed by atoms with Crippen LogP contribution in [0.4, 0.5) is 5.69 Å². The Bertz CT molecular complexity index is 1500. The number of carbonyl (C=O) groups is 2. The predicted molar refractivity (Wildman–Crippen MR) is 165 cm³/mol. The highest BCUT2D eigenvalue weighted by molar-refractivity contribution is 5.95. The molecule has 2 atom stereocenters. The average molecular weight is 565 g/mol. The predicted octanol–water partition coefficient (Wildman–Crippen LogP) is 5.28. The Morgan fingerprint density at radius 2 is 1.50 bits per heavy atom. The molecule has 4 aromatic rings. The van der Waals surface area contributed by atoms with Gasteiger partial charge in [-0.05, 0) is 48.6 Å². The zero-order valence-corrected chi connectivity index (χ0v) is 24.6. The lowest BCUT2D eigenvalue weighted by molar-refractivity contribution is -0.134. The lowest BCUT2D eigenvalue weighted by atomic mass is 9.92. The molecule has 1 saturated heterocycles. The van der Waals surface area contributed by atoms with E-state index in [1.54, 1.807) is 0 Å². The van der Waals surface area contributed by atoms with E-state index in [1.807, 2.05) is 66.1 Å².